The number of fused-ring (bicyclic) bond motifs is 1. The third-order valence-corrected chi connectivity index (χ3v) is 6.79. The van der Waals surface area contributed by atoms with E-state index in [1.165, 1.54) is 0 Å². The number of aromatic nitrogens is 3. The molecule has 3 atom stereocenters. The van der Waals surface area contributed by atoms with Gasteiger partial charge < -0.3 is 14.5 Å². The fourth-order valence-corrected chi connectivity index (χ4v) is 5.36. The third kappa shape index (κ3) is 2.19. The highest BCUT2D eigenvalue weighted by Gasteiger charge is 2.65. The van der Waals surface area contributed by atoms with Gasteiger partial charge in [-0.2, -0.15) is 5.10 Å². The molecule has 0 radical (unpaired) electrons. The summed E-state index contributed by atoms with van der Waals surface area (Å²) in [6, 6.07) is 11.4. The summed E-state index contributed by atoms with van der Waals surface area (Å²) in [4.78, 5) is 34.6. The molecule has 30 heavy (non-hydrogen) atoms. The van der Waals surface area contributed by atoms with Crippen LogP contribution in [0.15, 0.2) is 48.8 Å². The van der Waals surface area contributed by atoms with Crippen molar-refractivity contribution in [1.29, 1.82) is 0 Å². The zero-order valence-corrected chi connectivity index (χ0v) is 16.6. The van der Waals surface area contributed by atoms with Crippen molar-refractivity contribution < 1.29 is 14.3 Å². The molecule has 3 aliphatic rings. The zero-order chi connectivity index (χ0) is 20.5. The van der Waals surface area contributed by atoms with Crippen molar-refractivity contribution in [3.05, 3.63) is 65.6 Å². The van der Waals surface area contributed by atoms with E-state index in [0.29, 0.717) is 30.8 Å². The first-order valence-electron chi connectivity index (χ1n) is 10.2. The molecule has 2 aromatic heterocycles. The fraction of sp³-hybridized carbons (Fsp3) is 0.364. The smallest absolute Gasteiger partial charge is 0.257 e. The minimum absolute atomic E-state index is 0.0428. The monoisotopic (exact) mass is 403 g/mol. The first-order chi connectivity index (χ1) is 14.6. The van der Waals surface area contributed by atoms with Gasteiger partial charge in [0.2, 0.25) is 5.91 Å². The summed E-state index contributed by atoms with van der Waals surface area (Å²) in [6.45, 7) is 2.86. The molecule has 3 aliphatic heterocycles. The van der Waals surface area contributed by atoms with Crippen LogP contribution in [0.2, 0.25) is 0 Å². The number of likely N-dealkylation sites (tertiary alicyclic amines) is 1. The number of carbonyl (C=O) groups excluding carboxylic acids is 2. The molecule has 6 rings (SSSR count). The SMILES string of the molecule is Cc1c(C(=O)N2CC[C@@]34OC[C@@H](c5ccccc5)N3C(=O)C[C@@H]24)cnc2ccnn12. The molecule has 5 heterocycles. The molecule has 3 fully saturated rings. The summed E-state index contributed by atoms with van der Waals surface area (Å²) in [5.41, 5.74) is 2.29. The molecule has 1 aromatic carbocycles. The molecule has 0 aliphatic carbocycles. The maximum Gasteiger partial charge on any atom is 0.257 e. The van der Waals surface area contributed by atoms with E-state index >= 15 is 0 Å². The largest absolute Gasteiger partial charge is 0.351 e. The van der Waals surface area contributed by atoms with Crippen LogP contribution in [0.1, 0.15) is 40.5 Å². The third-order valence-electron chi connectivity index (χ3n) is 6.79. The lowest BCUT2D eigenvalue weighted by Gasteiger charge is -2.33. The van der Waals surface area contributed by atoms with Gasteiger partial charge in [0.1, 0.15) is 0 Å². The molecule has 3 saturated heterocycles. The quantitative estimate of drug-likeness (QED) is 0.654. The number of hydrogen-bond donors (Lipinski definition) is 0. The highest BCUT2D eigenvalue weighted by molar-refractivity contribution is 5.96. The molecule has 0 bridgehead atoms. The number of carbonyl (C=O) groups is 2. The van der Waals surface area contributed by atoms with Gasteiger partial charge in [0.15, 0.2) is 11.4 Å². The van der Waals surface area contributed by atoms with E-state index in [1.54, 1.807) is 27.9 Å². The molecule has 2 amide bonds. The summed E-state index contributed by atoms with van der Waals surface area (Å²) in [5, 5.41) is 4.26. The van der Waals surface area contributed by atoms with Gasteiger partial charge >= 0.3 is 0 Å². The Morgan fingerprint density at radius 3 is 2.90 bits per heavy atom. The van der Waals surface area contributed by atoms with Gasteiger partial charge in [0.25, 0.3) is 5.91 Å². The first-order valence-corrected chi connectivity index (χ1v) is 10.2. The van der Waals surface area contributed by atoms with E-state index in [2.05, 4.69) is 10.1 Å². The summed E-state index contributed by atoms with van der Waals surface area (Å²) >= 11 is 0. The molecule has 0 N–H and O–H groups in total. The molecule has 8 heteroatoms. The van der Waals surface area contributed by atoms with Crippen molar-refractivity contribution in [3.63, 3.8) is 0 Å². The molecule has 8 nitrogen and oxygen atoms in total. The van der Waals surface area contributed by atoms with Gasteiger partial charge in [-0.3, -0.25) is 9.59 Å². The van der Waals surface area contributed by atoms with Crippen LogP contribution in [0.3, 0.4) is 0 Å². The van der Waals surface area contributed by atoms with E-state index < -0.39 is 5.72 Å². The van der Waals surface area contributed by atoms with Gasteiger partial charge in [-0.25, -0.2) is 9.50 Å². The van der Waals surface area contributed by atoms with Crippen LogP contribution in [0, 0.1) is 6.92 Å². The van der Waals surface area contributed by atoms with Gasteiger partial charge in [0, 0.05) is 25.2 Å². The van der Waals surface area contributed by atoms with E-state index in [4.69, 9.17) is 4.74 Å². The maximum atomic E-state index is 13.5. The van der Waals surface area contributed by atoms with Crippen molar-refractivity contribution in [1.82, 2.24) is 24.4 Å². The number of aryl methyl sites for hydroxylation is 1. The second kappa shape index (κ2) is 6.12. The van der Waals surface area contributed by atoms with Crippen LogP contribution in [0.4, 0.5) is 0 Å². The normalized spacial score (nSPS) is 27.7. The lowest BCUT2D eigenvalue weighted by atomic mass is 10.0. The van der Waals surface area contributed by atoms with Crippen molar-refractivity contribution in [2.45, 2.75) is 37.6 Å². The van der Waals surface area contributed by atoms with Crippen LogP contribution in [-0.4, -0.2) is 61.1 Å². The van der Waals surface area contributed by atoms with Crippen molar-refractivity contribution in [2.24, 2.45) is 0 Å². The van der Waals surface area contributed by atoms with Crippen LogP contribution >= 0.6 is 0 Å². The lowest BCUT2D eigenvalue weighted by Crippen LogP contribution is -2.49. The van der Waals surface area contributed by atoms with Crippen LogP contribution in [0.25, 0.3) is 5.65 Å². The van der Waals surface area contributed by atoms with Crippen LogP contribution < -0.4 is 0 Å². The highest BCUT2D eigenvalue weighted by atomic mass is 16.5. The molecular weight excluding hydrogens is 382 g/mol. The Labute approximate surface area is 173 Å². The van der Waals surface area contributed by atoms with Crippen LogP contribution in [0.5, 0.6) is 0 Å². The Hall–Kier alpha value is -3.26. The topological polar surface area (TPSA) is 80.0 Å². The summed E-state index contributed by atoms with van der Waals surface area (Å²) in [5.74, 6) is -0.0816. The average Bonchev–Trinajstić information content (AvgIpc) is 3.50. The molecule has 3 aromatic rings. The van der Waals surface area contributed by atoms with Gasteiger partial charge in [-0.05, 0) is 12.5 Å². The lowest BCUT2D eigenvalue weighted by molar-refractivity contribution is -0.138. The minimum Gasteiger partial charge on any atom is -0.351 e. The molecule has 0 saturated carbocycles. The van der Waals surface area contributed by atoms with Gasteiger partial charge in [-0.1, -0.05) is 30.3 Å². The summed E-state index contributed by atoms with van der Waals surface area (Å²) in [6.07, 6.45) is 4.18. The number of hydrogen-bond acceptors (Lipinski definition) is 5. The van der Waals surface area contributed by atoms with Crippen molar-refractivity contribution in [2.75, 3.05) is 13.2 Å². The molecule has 0 unspecified atom stereocenters. The zero-order valence-electron chi connectivity index (χ0n) is 16.6. The van der Waals surface area contributed by atoms with Gasteiger partial charge in [-0.15, -0.1) is 0 Å². The predicted molar refractivity (Wildman–Crippen MR) is 106 cm³/mol. The van der Waals surface area contributed by atoms with Gasteiger partial charge in [0.05, 0.1) is 42.6 Å². The van der Waals surface area contributed by atoms with E-state index in [9.17, 15) is 9.59 Å². The maximum absolute atomic E-state index is 13.5. The Kier molecular flexibility index (Phi) is 3.59. The number of ether oxygens (including phenoxy) is 1. The van der Waals surface area contributed by atoms with E-state index in [-0.39, 0.29) is 30.3 Å². The number of rotatable bonds is 2. The predicted octanol–water partition coefficient (Wildman–Crippen LogP) is 1.95. The van der Waals surface area contributed by atoms with Crippen molar-refractivity contribution in [3.8, 4) is 0 Å². The number of nitrogens with zero attached hydrogens (tertiary/aromatic N) is 5. The Morgan fingerprint density at radius 2 is 2.07 bits per heavy atom. The first kappa shape index (κ1) is 17.6. The second-order valence-corrected chi connectivity index (χ2v) is 8.17. The minimum atomic E-state index is -0.732. The standard InChI is InChI=1S/C22H21N5O3/c1-14-16(12-23-19-7-9-24-27(14)19)21(29)25-10-8-22-18(25)11-20(28)26(22)17(13-30-22)15-5-3-2-4-6-15/h2-7,9,12,17-18H,8,10-11,13H2,1H3/t17-,18+,22-/m0/s1. The molecular formula is C22H21N5O3. The summed E-state index contributed by atoms with van der Waals surface area (Å²) < 4.78 is 7.98. The fourth-order valence-electron chi connectivity index (χ4n) is 5.36. The van der Waals surface area contributed by atoms with Crippen molar-refractivity contribution >= 4 is 17.5 Å². The highest BCUT2D eigenvalue weighted by Crippen LogP contribution is 2.51. The molecule has 152 valence electrons. The van der Waals surface area contributed by atoms with Crippen LogP contribution in [-0.2, 0) is 9.53 Å². The Balaban J connectivity index is 1.35. The molecule has 1 spiro atoms. The number of benzene rings is 1. The average molecular weight is 403 g/mol. The Morgan fingerprint density at radius 1 is 1.23 bits per heavy atom. The summed E-state index contributed by atoms with van der Waals surface area (Å²) in [7, 11) is 0. The Bertz CT molecular complexity index is 1180. The number of amides is 2. The second-order valence-electron chi connectivity index (χ2n) is 8.17. The van der Waals surface area contributed by atoms with E-state index in [0.717, 1.165) is 11.3 Å². The van der Waals surface area contributed by atoms with E-state index in [1.807, 2.05) is 42.2 Å².